The Hall–Kier alpha value is -1.40. The van der Waals surface area contributed by atoms with Gasteiger partial charge in [-0.05, 0) is 24.8 Å². The van der Waals surface area contributed by atoms with E-state index in [9.17, 15) is 9.59 Å². The monoisotopic (exact) mass is 736 g/mol. The number of carbonyl (C=O) groups is 2. The molecule has 1 atom stereocenters. The lowest BCUT2D eigenvalue weighted by atomic mass is 10.0. The van der Waals surface area contributed by atoms with Gasteiger partial charge in [0.2, 0.25) is 0 Å². The van der Waals surface area contributed by atoms with Gasteiger partial charge in [0.1, 0.15) is 6.61 Å². The highest BCUT2D eigenvalue weighted by molar-refractivity contribution is 9.09. The summed E-state index contributed by atoms with van der Waals surface area (Å²) in [5.41, 5.74) is 1.06. The molecule has 0 spiro atoms. The molecule has 1 aromatic rings. The van der Waals surface area contributed by atoms with Crippen molar-refractivity contribution >= 4 is 27.9 Å². The SMILES string of the molecule is CCCCCCCCCCCCCCCC(=O)OC[C@H](COCc1ccccc1)OC(=O)CCCCCCCCCCCCCCCBr. The molecule has 0 aliphatic rings. The largest absolute Gasteiger partial charge is 0.462 e. The van der Waals surface area contributed by atoms with Crippen LogP contribution < -0.4 is 0 Å². The first kappa shape index (κ1) is 44.6. The Bertz CT molecular complexity index is 833. The fourth-order valence-corrected chi connectivity index (χ4v) is 6.49. The second-order valence-corrected chi connectivity index (χ2v) is 14.6. The third-order valence-corrected chi connectivity index (χ3v) is 9.70. The number of benzene rings is 1. The Morgan fingerprint density at radius 2 is 0.958 bits per heavy atom. The molecule has 48 heavy (non-hydrogen) atoms. The predicted molar refractivity (Wildman–Crippen MR) is 206 cm³/mol. The topological polar surface area (TPSA) is 61.8 Å². The molecule has 0 heterocycles. The van der Waals surface area contributed by atoms with Gasteiger partial charge in [0.25, 0.3) is 0 Å². The molecule has 278 valence electrons. The van der Waals surface area contributed by atoms with E-state index in [2.05, 4.69) is 22.9 Å². The maximum atomic E-state index is 12.6. The highest BCUT2D eigenvalue weighted by Gasteiger charge is 2.18. The predicted octanol–water partition coefficient (Wildman–Crippen LogP) is 13.0. The van der Waals surface area contributed by atoms with Gasteiger partial charge >= 0.3 is 11.9 Å². The van der Waals surface area contributed by atoms with Crippen LogP contribution in [-0.4, -0.2) is 36.6 Å². The van der Waals surface area contributed by atoms with Gasteiger partial charge in [0.15, 0.2) is 6.10 Å². The number of unbranched alkanes of at least 4 members (excludes halogenated alkanes) is 24. The van der Waals surface area contributed by atoms with Crippen LogP contribution in [0.1, 0.15) is 192 Å². The molecule has 0 bridgehead atoms. The molecule has 0 saturated carbocycles. The Balaban J connectivity index is 2.16. The van der Waals surface area contributed by atoms with Gasteiger partial charge in [0.05, 0.1) is 13.2 Å². The van der Waals surface area contributed by atoms with Gasteiger partial charge in [-0.3, -0.25) is 9.59 Å². The quantitative estimate of drug-likeness (QED) is 0.0390. The molecule has 0 radical (unpaired) electrons. The summed E-state index contributed by atoms with van der Waals surface area (Å²) >= 11 is 3.50. The van der Waals surface area contributed by atoms with Crippen molar-refractivity contribution in [2.24, 2.45) is 0 Å². The molecule has 0 unspecified atom stereocenters. The van der Waals surface area contributed by atoms with Gasteiger partial charge in [-0.2, -0.15) is 0 Å². The minimum Gasteiger partial charge on any atom is -0.462 e. The van der Waals surface area contributed by atoms with E-state index in [1.807, 2.05) is 30.3 Å². The van der Waals surface area contributed by atoms with Crippen LogP contribution in [0.2, 0.25) is 0 Å². The molecular weight excluding hydrogens is 664 g/mol. The van der Waals surface area contributed by atoms with Crippen molar-refractivity contribution in [2.75, 3.05) is 18.5 Å². The van der Waals surface area contributed by atoms with Crippen LogP contribution in [0.25, 0.3) is 0 Å². The summed E-state index contributed by atoms with van der Waals surface area (Å²) in [5.74, 6) is -0.445. The molecule has 0 amide bonds. The second-order valence-electron chi connectivity index (χ2n) is 13.8. The van der Waals surface area contributed by atoms with Crippen LogP contribution in [0, 0.1) is 0 Å². The lowest BCUT2D eigenvalue weighted by molar-refractivity contribution is -0.163. The molecule has 0 aromatic heterocycles. The first-order valence-corrected chi connectivity index (χ1v) is 21.3. The third-order valence-electron chi connectivity index (χ3n) is 9.14. The molecule has 5 nitrogen and oxygen atoms in total. The summed E-state index contributed by atoms with van der Waals surface area (Å²) in [7, 11) is 0. The van der Waals surface area contributed by atoms with Crippen molar-refractivity contribution in [3.8, 4) is 0 Å². The van der Waals surface area contributed by atoms with Crippen molar-refractivity contribution in [1.29, 1.82) is 0 Å². The standard InChI is InChI=1S/C42H73BrO5/c1-2-3-4-5-6-7-8-10-13-16-19-22-28-33-41(44)47-38-40(37-46-36-39-31-26-25-27-32-39)48-42(45)34-29-23-20-17-14-11-9-12-15-18-21-24-30-35-43/h25-27,31-32,40H,2-24,28-30,33-38H2,1H3/t40-/m0/s1. The van der Waals surface area contributed by atoms with Crippen molar-refractivity contribution in [3.05, 3.63) is 35.9 Å². The lowest BCUT2D eigenvalue weighted by Crippen LogP contribution is -2.29. The Morgan fingerprint density at radius 1 is 0.542 bits per heavy atom. The van der Waals surface area contributed by atoms with Gasteiger partial charge in [-0.1, -0.05) is 201 Å². The normalized spacial score (nSPS) is 11.9. The summed E-state index contributed by atoms with van der Waals surface area (Å²) in [6.45, 7) is 2.96. The van der Waals surface area contributed by atoms with E-state index < -0.39 is 6.10 Å². The summed E-state index contributed by atoms with van der Waals surface area (Å²) in [6.07, 6.45) is 33.2. The molecule has 0 N–H and O–H groups in total. The number of alkyl halides is 1. The molecule has 6 heteroatoms. The van der Waals surface area contributed by atoms with E-state index in [-0.39, 0.29) is 25.2 Å². The fraction of sp³-hybridized carbons (Fsp3) is 0.810. The summed E-state index contributed by atoms with van der Waals surface area (Å²) in [4.78, 5) is 25.1. The van der Waals surface area contributed by atoms with Crippen molar-refractivity contribution in [2.45, 2.75) is 199 Å². The zero-order chi connectivity index (χ0) is 34.6. The first-order valence-electron chi connectivity index (χ1n) is 20.2. The van der Waals surface area contributed by atoms with Gasteiger partial charge < -0.3 is 14.2 Å². The molecule has 0 aliphatic carbocycles. The van der Waals surface area contributed by atoms with Crippen molar-refractivity contribution in [3.63, 3.8) is 0 Å². The van der Waals surface area contributed by atoms with E-state index in [0.717, 1.165) is 36.6 Å². The number of carbonyl (C=O) groups excluding carboxylic acids is 2. The molecule has 0 fully saturated rings. The highest BCUT2D eigenvalue weighted by atomic mass is 79.9. The number of hydrogen-bond acceptors (Lipinski definition) is 5. The number of esters is 2. The van der Waals surface area contributed by atoms with Crippen LogP contribution >= 0.6 is 15.9 Å². The Morgan fingerprint density at radius 3 is 1.42 bits per heavy atom. The van der Waals surface area contributed by atoms with E-state index in [1.54, 1.807) is 0 Å². The van der Waals surface area contributed by atoms with Crippen LogP contribution in [0.5, 0.6) is 0 Å². The zero-order valence-corrected chi connectivity index (χ0v) is 32.6. The molecule has 1 aromatic carbocycles. The van der Waals surface area contributed by atoms with E-state index in [1.165, 1.54) is 141 Å². The summed E-state index contributed by atoms with van der Waals surface area (Å²) in [6, 6.07) is 9.93. The van der Waals surface area contributed by atoms with E-state index in [4.69, 9.17) is 14.2 Å². The minimum absolute atomic E-state index is 0.0503. The maximum Gasteiger partial charge on any atom is 0.306 e. The number of ether oxygens (including phenoxy) is 3. The first-order chi connectivity index (χ1) is 23.7. The smallest absolute Gasteiger partial charge is 0.306 e. The lowest BCUT2D eigenvalue weighted by Gasteiger charge is -2.18. The van der Waals surface area contributed by atoms with Crippen LogP contribution in [0.15, 0.2) is 30.3 Å². The minimum atomic E-state index is -0.582. The molecule has 1 rings (SSSR count). The number of halogens is 1. The Labute approximate surface area is 304 Å². The van der Waals surface area contributed by atoms with Crippen LogP contribution in [0.4, 0.5) is 0 Å². The van der Waals surface area contributed by atoms with Crippen LogP contribution in [0.3, 0.4) is 0 Å². The number of hydrogen-bond donors (Lipinski definition) is 0. The average molecular weight is 738 g/mol. The fourth-order valence-electron chi connectivity index (χ4n) is 6.10. The maximum absolute atomic E-state index is 12.6. The highest BCUT2D eigenvalue weighted by Crippen LogP contribution is 2.15. The third kappa shape index (κ3) is 30.6. The van der Waals surface area contributed by atoms with E-state index in [0.29, 0.717) is 19.4 Å². The van der Waals surface area contributed by atoms with E-state index >= 15 is 0 Å². The van der Waals surface area contributed by atoms with Gasteiger partial charge in [-0.15, -0.1) is 0 Å². The Kier molecular flexibility index (Phi) is 32.9. The van der Waals surface area contributed by atoms with Crippen molar-refractivity contribution < 1.29 is 23.8 Å². The second kappa shape index (κ2) is 35.4. The van der Waals surface area contributed by atoms with Crippen LogP contribution in [-0.2, 0) is 30.4 Å². The average Bonchev–Trinajstić information content (AvgIpc) is 3.09. The van der Waals surface area contributed by atoms with Gasteiger partial charge in [-0.25, -0.2) is 0 Å². The summed E-state index contributed by atoms with van der Waals surface area (Å²) < 4.78 is 17.1. The zero-order valence-electron chi connectivity index (χ0n) is 31.0. The summed E-state index contributed by atoms with van der Waals surface area (Å²) in [5, 5.41) is 1.13. The molecular formula is C42H73BrO5. The van der Waals surface area contributed by atoms with Gasteiger partial charge in [0, 0.05) is 18.2 Å². The number of rotatable bonds is 36. The van der Waals surface area contributed by atoms with Crippen molar-refractivity contribution in [1.82, 2.24) is 0 Å². The molecule has 0 aliphatic heterocycles. The molecule has 0 saturated heterocycles.